The van der Waals surface area contributed by atoms with Gasteiger partial charge in [0.25, 0.3) is 5.91 Å². The van der Waals surface area contributed by atoms with E-state index in [0.29, 0.717) is 43.4 Å². The lowest BCUT2D eigenvalue weighted by Gasteiger charge is -2.38. The first kappa shape index (κ1) is 42.5. The number of aromatic nitrogens is 1. The van der Waals surface area contributed by atoms with Crippen molar-refractivity contribution < 1.29 is 34.1 Å². The third-order valence-electron chi connectivity index (χ3n) is 9.81. The van der Waals surface area contributed by atoms with Crippen molar-refractivity contribution in [2.75, 3.05) is 33.3 Å². The molecule has 14 nitrogen and oxygen atoms in total. The summed E-state index contributed by atoms with van der Waals surface area (Å²) < 4.78 is 4.77. The Morgan fingerprint density at radius 2 is 1.59 bits per heavy atom. The monoisotopic (exact) mass is 751 g/mol. The van der Waals surface area contributed by atoms with Gasteiger partial charge in [0, 0.05) is 26.2 Å². The highest BCUT2D eigenvalue weighted by Crippen LogP contribution is 2.31. The number of rotatable bonds is 16. The largest absolute Gasteiger partial charge is 0.453 e. The predicted molar refractivity (Wildman–Crippen MR) is 205 cm³/mol. The lowest BCUT2D eigenvalue weighted by atomic mass is 9.84. The summed E-state index contributed by atoms with van der Waals surface area (Å²) in [5.41, 5.74) is 2.51. The van der Waals surface area contributed by atoms with Crippen molar-refractivity contribution in [2.45, 2.75) is 111 Å². The van der Waals surface area contributed by atoms with E-state index in [1.807, 2.05) is 77.9 Å². The van der Waals surface area contributed by atoms with Crippen LogP contribution in [0.3, 0.4) is 0 Å². The zero-order valence-electron chi connectivity index (χ0n) is 33.4. The van der Waals surface area contributed by atoms with Crippen LogP contribution in [0.5, 0.6) is 0 Å². The van der Waals surface area contributed by atoms with Gasteiger partial charge < -0.3 is 35.4 Å². The summed E-state index contributed by atoms with van der Waals surface area (Å²) in [4.78, 5) is 61.9. The molecule has 1 saturated carbocycles. The van der Waals surface area contributed by atoms with E-state index >= 15 is 0 Å². The average molecular weight is 752 g/mol. The number of nitrogens with zero attached hydrogens (tertiary/aromatic N) is 4. The fourth-order valence-corrected chi connectivity index (χ4v) is 6.71. The maximum Gasteiger partial charge on any atom is 0.407 e. The van der Waals surface area contributed by atoms with Gasteiger partial charge in [-0.25, -0.2) is 14.6 Å². The number of ether oxygens (including phenoxy) is 1. The molecule has 1 aromatic carbocycles. The van der Waals surface area contributed by atoms with Crippen molar-refractivity contribution >= 4 is 23.9 Å². The van der Waals surface area contributed by atoms with Crippen LogP contribution in [0.25, 0.3) is 0 Å². The summed E-state index contributed by atoms with van der Waals surface area (Å²) >= 11 is 0. The molecular formula is C40H61N7O7. The predicted octanol–water partition coefficient (Wildman–Crippen LogP) is 3.56. The minimum absolute atomic E-state index is 0.00240. The van der Waals surface area contributed by atoms with Gasteiger partial charge in [-0.05, 0) is 67.6 Å². The number of aliphatic hydroxyl groups excluding tert-OH is 1. The summed E-state index contributed by atoms with van der Waals surface area (Å²) in [6.07, 6.45) is 0.424. The second-order valence-electron chi connectivity index (χ2n) is 17.4. The first-order valence-corrected chi connectivity index (χ1v) is 18.8. The number of hydrogen-bond donors (Lipinski definition) is 5. The van der Waals surface area contributed by atoms with Crippen LogP contribution in [0, 0.1) is 16.7 Å². The van der Waals surface area contributed by atoms with Crippen LogP contribution >= 0.6 is 0 Å². The summed E-state index contributed by atoms with van der Waals surface area (Å²) in [5.74, 6) is -0.507. The van der Waals surface area contributed by atoms with E-state index in [4.69, 9.17) is 4.74 Å². The number of benzene rings is 1. The van der Waals surface area contributed by atoms with Crippen molar-refractivity contribution in [3.8, 4) is 0 Å². The van der Waals surface area contributed by atoms with Gasteiger partial charge in [0.2, 0.25) is 5.91 Å². The second-order valence-corrected chi connectivity index (χ2v) is 17.4. The molecule has 2 aromatic rings. The van der Waals surface area contributed by atoms with Crippen LogP contribution in [0.1, 0.15) is 85.2 Å². The lowest BCUT2D eigenvalue weighted by Crippen LogP contribution is -2.61. The number of alkyl carbamates (subject to hydrolysis) is 1. The molecule has 14 heteroatoms. The summed E-state index contributed by atoms with van der Waals surface area (Å²) in [7, 11) is 1.24. The summed E-state index contributed by atoms with van der Waals surface area (Å²) in [6, 6.07) is 12.0. The van der Waals surface area contributed by atoms with Crippen LogP contribution in [-0.2, 0) is 32.9 Å². The molecule has 5 amide bonds. The lowest BCUT2D eigenvalue weighted by molar-refractivity contribution is -0.133. The average Bonchev–Trinajstić information content (AvgIpc) is 3.83. The third-order valence-corrected chi connectivity index (χ3v) is 9.81. The Morgan fingerprint density at radius 3 is 2.17 bits per heavy atom. The maximum atomic E-state index is 14.4. The molecule has 4 atom stereocenters. The van der Waals surface area contributed by atoms with Crippen molar-refractivity contribution in [2.24, 2.45) is 16.7 Å². The quantitative estimate of drug-likeness (QED) is 0.161. The topological polar surface area (TPSA) is 177 Å². The number of carbonyl (C=O) groups is 4. The molecular weight excluding hydrogens is 690 g/mol. The van der Waals surface area contributed by atoms with Gasteiger partial charge in [-0.3, -0.25) is 20.0 Å². The standard InChI is InChI=1S/C40H61N7O7/c1-38(2,3)32(43-36(51)54-9)34(49)44-46(23-27-18-19-27)25-30(48)29(22-26-14-11-10-12-15-26)42-35(50)33(39(4,5)6)47-21-20-45(37(47)52)24-28-16-13-17-31(41-28)40(7,8)53/h10-17,27,29-30,32-33,48,53H,18-25H2,1-9H3,(H,42,50)(H,43,51)(H,44,49). The molecule has 2 heterocycles. The molecule has 0 bridgehead atoms. The van der Waals surface area contributed by atoms with Gasteiger partial charge in [0.05, 0.1) is 37.2 Å². The Labute approximate surface area is 320 Å². The molecule has 0 radical (unpaired) electrons. The number of urea groups is 1. The molecule has 1 aliphatic carbocycles. The van der Waals surface area contributed by atoms with E-state index in [1.54, 1.807) is 40.8 Å². The Kier molecular flexibility index (Phi) is 13.7. The number of nitrogens with one attached hydrogen (secondary N) is 3. The van der Waals surface area contributed by atoms with Crippen LogP contribution < -0.4 is 16.1 Å². The Balaban J connectivity index is 1.54. The Hall–Kier alpha value is -4.27. The molecule has 1 aromatic heterocycles. The Morgan fingerprint density at radius 1 is 0.926 bits per heavy atom. The number of methoxy groups -OCH3 is 1. The molecule has 5 N–H and O–H groups in total. The number of hydrazine groups is 1. The number of pyridine rings is 1. The van der Waals surface area contributed by atoms with Gasteiger partial charge in [-0.2, -0.15) is 0 Å². The summed E-state index contributed by atoms with van der Waals surface area (Å²) in [6.45, 7) is 16.0. The van der Waals surface area contributed by atoms with Crippen LogP contribution in [0.15, 0.2) is 48.5 Å². The number of hydrogen-bond acceptors (Lipinski definition) is 9. The van der Waals surface area contributed by atoms with Crippen LogP contribution in [-0.4, -0.2) is 111 Å². The van der Waals surface area contributed by atoms with Gasteiger partial charge >= 0.3 is 12.1 Å². The Bertz CT molecular complexity index is 1600. The van der Waals surface area contributed by atoms with E-state index in [9.17, 15) is 29.4 Å². The highest BCUT2D eigenvalue weighted by atomic mass is 16.5. The van der Waals surface area contributed by atoms with Gasteiger partial charge in [0.15, 0.2) is 0 Å². The third kappa shape index (κ3) is 11.9. The van der Waals surface area contributed by atoms with Gasteiger partial charge in [0.1, 0.15) is 17.7 Å². The summed E-state index contributed by atoms with van der Waals surface area (Å²) in [5, 5.41) is 29.8. The normalized spacial score (nSPS) is 17.5. The van der Waals surface area contributed by atoms with Crippen LogP contribution in [0.2, 0.25) is 0 Å². The molecule has 4 rings (SSSR count). The highest BCUT2D eigenvalue weighted by molar-refractivity contribution is 5.89. The van der Waals surface area contributed by atoms with E-state index in [0.717, 1.165) is 18.4 Å². The van der Waals surface area contributed by atoms with Crippen molar-refractivity contribution in [3.63, 3.8) is 0 Å². The molecule has 298 valence electrons. The van der Waals surface area contributed by atoms with E-state index < -0.39 is 58.6 Å². The first-order chi connectivity index (χ1) is 25.2. The molecule has 2 fully saturated rings. The first-order valence-electron chi connectivity index (χ1n) is 18.8. The zero-order chi connectivity index (χ0) is 40.0. The molecule has 1 saturated heterocycles. The molecule has 4 unspecified atom stereocenters. The SMILES string of the molecule is COC(=O)NC(C(=O)NN(CC1CC1)CC(O)C(Cc1ccccc1)NC(=O)C(N1CCN(Cc2cccc(C(C)(C)O)n2)C1=O)C(C)(C)C)C(C)(C)C. The van der Waals surface area contributed by atoms with E-state index in [-0.39, 0.29) is 19.1 Å². The molecule has 54 heavy (non-hydrogen) atoms. The number of carbonyl (C=O) groups excluding carboxylic acids is 4. The van der Waals surface area contributed by atoms with E-state index in [1.165, 1.54) is 7.11 Å². The smallest absolute Gasteiger partial charge is 0.407 e. The minimum Gasteiger partial charge on any atom is -0.453 e. The highest BCUT2D eigenvalue weighted by Gasteiger charge is 2.45. The minimum atomic E-state index is -1.13. The molecule has 0 spiro atoms. The van der Waals surface area contributed by atoms with Gasteiger partial charge in [-0.1, -0.05) is 77.9 Å². The zero-order valence-corrected chi connectivity index (χ0v) is 33.4. The van der Waals surface area contributed by atoms with Crippen molar-refractivity contribution in [1.82, 2.24) is 35.9 Å². The fourth-order valence-electron chi connectivity index (χ4n) is 6.71. The van der Waals surface area contributed by atoms with Crippen molar-refractivity contribution in [3.05, 3.63) is 65.5 Å². The molecule has 1 aliphatic heterocycles. The molecule has 2 aliphatic rings. The maximum absolute atomic E-state index is 14.4. The van der Waals surface area contributed by atoms with Crippen molar-refractivity contribution in [1.29, 1.82) is 0 Å². The fraction of sp³-hybridized carbons (Fsp3) is 0.625. The van der Waals surface area contributed by atoms with Gasteiger partial charge in [-0.15, -0.1) is 0 Å². The number of aliphatic hydroxyl groups is 2. The van der Waals surface area contributed by atoms with E-state index in [2.05, 4.69) is 21.0 Å². The second kappa shape index (κ2) is 17.5. The van der Waals surface area contributed by atoms with Crippen LogP contribution in [0.4, 0.5) is 9.59 Å². The number of amides is 5.